The van der Waals surface area contributed by atoms with E-state index in [1.807, 2.05) is 37.3 Å². The van der Waals surface area contributed by atoms with Crippen LogP contribution in [-0.4, -0.2) is 28.3 Å². The predicted molar refractivity (Wildman–Crippen MR) is 102 cm³/mol. The summed E-state index contributed by atoms with van der Waals surface area (Å²) in [7, 11) is 0. The summed E-state index contributed by atoms with van der Waals surface area (Å²) in [6, 6.07) is 11.4. The lowest BCUT2D eigenvalue weighted by molar-refractivity contribution is -0.133. The number of nitrogens with one attached hydrogen (secondary N) is 1. The second-order valence-electron chi connectivity index (χ2n) is 7.89. The first-order valence-corrected chi connectivity index (χ1v) is 9.81. The summed E-state index contributed by atoms with van der Waals surface area (Å²) in [5.74, 6) is 0.498. The number of benzene rings is 1. The molecule has 1 aliphatic heterocycles. The van der Waals surface area contributed by atoms with Gasteiger partial charge >= 0.3 is 0 Å². The van der Waals surface area contributed by atoms with Gasteiger partial charge in [-0.1, -0.05) is 37.5 Å². The lowest BCUT2D eigenvalue weighted by Crippen LogP contribution is -2.63. The Bertz CT molecular complexity index is 824. The summed E-state index contributed by atoms with van der Waals surface area (Å²) in [5.41, 5.74) is 0.668. The highest BCUT2D eigenvalue weighted by Crippen LogP contribution is 2.33. The average molecular weight is 366 g/mol. The molecular weight excluding hydrogens is 340 g/mol. The van der Waals surface area contributed by atoms with Crippen molar-refractivity contribution >= 4 is 11.8 Å². The molecule has 2 amide bonds. The maximum atomic E-state index is 13.3. The Morgan fingerprint density at radius 1 is 1.19 bits per heavy atom. The Hall–Kier alpha value is -2.56. The zero-order valence-electron chi connectivity index (χ0n) is 15.7. The highest BCUT2D eigenvalue weighted by atomic mass is 16.3. The number of fused-ring (bicyclic) bond motifs is 1. The lowest BCUT2D eigenvalue weighted by Gasteiger charge is -2.44. The lowest BCUT2D eigenvalue weighted by atomic mass is 9.82. The Labute approximate surface area is 159 Å². The van der Waals surface area contributed by atoms with Crippen LogP contribution in [-0.2, 0) is 17.8 Å². The monoisotopic (exact) mass is 366 g/mol. The number of carbonyl (C=O) groups excluding carboxylic acids is 2. The summed E-state index contributed by atoms with van der Waals surface area (Å²) in [6.07, 6.45) is 7.68. The Morgan fingerprint density at radius 3 is 2.70 bits per heavy atom. The smallest absolute Gasteiger partial charge is 0.255 e. The topological polar surface area (TPSA) is 62.6 Å². The van der Waals surface area contributed by atoms with Crippen molar-refractivity contribution in [2.75, 3.05) is 0 Å². The molecule has 142 valence electrons. The molecule has 0 spiro atoms. The minimum absolute atomic E-state index is 0.0659. The van der Waals surface area contributed by atoms with Crippen LogP contribution in [0.1, 0.15) is 60.7 Å². The van der Waals surface area contributed by atoms with Gasteiger partial charge in [-0.2, -0.15) is 0 Å². The molecule has 1 N–H and O–H groups in total. The molecule has 0 unspecified atom stereocenters. The Morgan fingerprint density at radius 2 is 1.96 bits per heavy atom. The van der Waals surface area contributed by atoms with Gasteiger partial charge in [-0.15, -0.1) is 0 Å². The van der Waals surface area contributed by atoms with Gasteiger partial charge in [-0.3, -0.25) is 9.59 Å². The molecule has 0 saturated heterocycles. The third-order valence-electron chi connectivity index (χ3n) is 5.95. The molecule has 1 aliphatic carbocycles. The van der Waals surface area contributed by atoms with E-state index in [2.05, 4.69) is 5.32 Å². The van der Waals surface area contributed by atoms with Crippen LogP contribution in [0, 0.1) is 0 Å². The highest BCUT2D eigenvalue weighted by Gasteiger charge is 2.47. The van der Waals surface area contributed by atoms with Crippen molar-refractivity contribution in [3.05, 3.63) is 59.5 Å². The minimum atomic E-state index is -0.935. The third-order valence-corrected chi connectivity index (χ3v) is 5.95. The molecule has 2 aliphatic rings. The van der Waals surface area contributed by atoms with E-state index in [-0.39, 0.29) is 24.4 Å². The Balaban J connectivity index is 1.65. The molecule has 2 aromatic rings. The molecule has 1 aromatic heterocycles. The van der Waals surface area contributed by atoms with Crippen LogP contribution in [0.5, 0.6) is 0 Å². The fourth-order valence-corrected chi connectivity index (χ4v) is 4.31. The van der Waals surface area contributed by atoms with Gasteiger partial charge in [0.05, 0.1) is 12.8 Å². The van der Waals surface area contributed by atoms with Gasteiger partial charge in [0, 0.05) is 18.0 Å². The van der Waals surface area contributed by atoms with E-state index in [1.165, 1.54) is 6.42 Å². The quantitative estimate of drug-likeness (QED) is 0.898. The molecular formula is C22H26N2O3. The number of nitrogens with zero attached hydrogens (tertiary/aromatic N) is 1. The molecule has 27 heavy (non-hydrogen) atoms. The van der Waals surface area contributed by atoms with Crippen LogP contribution in [0.25, 0.3) is 0 Å². The summed E-state index contributed by atoms with van der Waals surface area (Å²) in [4.78, 5) is 28.3. The first-order valence-electron chi connectivity index (χ1n) is 9.81. The van der Waals surface area contributed by atoms with Gasteiger partial charge in [0.25, 0.3) is 5.91 Å². The summed E-state index contributed by atoms with van der Waals surface area (Å²) in [5, 5.41) is 3.23. The van der Waals surface area contributed by atoms with E-state index in [1.54, 1.807) is 17.2 Å². The summed E-state index contributed by atoms with van der Waals surface area (Å²) in [6.45, 7) is 2.16. The number of rotatable bonds is 4. The number of amides is 2. The van der Waals surface area contributed by atoms with Crippen molar-refractivity contribution in [2.45, 2.75) is 63.6 Å². The van der Waals surface area contributed by atoms with Crippen molar-refractivity contribution < 1.29 is 14.0 Å². The van der Waals surface area contributed by atoms with Gasteiger partial charge in [-0.25, -0.2) is 0 Å². The molecule has 4 rings (SSSR count). The number of carbonyl (C=O) groups is 2. The fraction of sp³-hybridized carbons (Fsp3) is 0.455. The maximum absolute atomic E-state index is 13.3. The molecule has 2 heterocycles. The van der Waals surface area contributed by atoms with Crippen LogP contribution in [0.15, 0.2) is 47.1 Å². The largest absolute Gasteiger partial charge is 0.467 e. The molecule has 0 bridgehead atoms. The van der Waals surface area contributed by atoms with Crippen LogP contribution in [0.3, 0.4) is 0 Å². The fourth-order valence-electron chi connectivity index (χ4n) is 4.31. The van der Waals surface area contributed by atoms with Crippen LogP contribution < -0.4 is 5.32 Å². The first-order chi connectivity index (χ1) is 13.1. The number of hydrogen-bond acceptors (Lipinski definition) is 3. The van der Waals surface area contributed by atoms with Gasteiger partial charge in [0.1, 0.15) is 11.3 Å². The van der Waals surface area contributed by atoms with E-state index in [0.717, 1.165) is 31.2 Å². The van der Waals surface area contributed by atoms with Crippen molar-refractivity contribution in [1.82, 2.24) is 10.2 Å². The zero-order chi connectivity index (χ0) is 18.9. The van der Waals surface area contributed by atoms with E-state index < -0.39 is 5.54 Å². The average Bonchev–Trinajstić information content (AvgIpc) is 3.19. The van der Waals surface area contributed by atoms with Crippen molar-refractivity contribution in [2.24, 2.45) is 0 Å². The van der Waals surface area contributed by atoms with E-state index in [0.29, 0.717) is 17.7 Å². The highest BCUT2D eigenvalue weighted by molar-refractivity contribution is 6.02. The minimum Gasteiger partial charge on any atom is -0.467 e. The van der Waals surface area contributed by atoms with Crippen LogP contribution >= 0.6 is 0 Å². The van der Waals surface area contributed by atoms with Crippen molar-refractivity contribution in [3.8, 4) is 0 Å². The van der Waals surface area contributed by atoms with Gasteiger partial charge in [0.15, 0.2) is 0 Å². The normalized spacial score (nSPS) is 23.1. The second-order valence-corrected chi connectivity index (χ2v) is 7.89. The first kappa shape index (κ1) is 17.8. The standard InChI is InChI=1S/C22H26N2O3/c1-22(21(26)23-17-9-3-2-4-10-17)14-16-8-5-6-12-19(16)20(25)24(22)15-18-11-7-13-27-18/h5-8,11-13,17H,2-4,9-10,14-15H2,1H3,(H,23,26)/t22-/m0/s1. The molecule has 1 atom stereocenters. The van der Waals surface area contributed by atoms with Gasteiger partial charge in [0.2, 0.25) is 5.91 Å². The van der Waals surface area contributed by atoms with E-state index >= 15 is 0 Å². The molecule has 0 radical (unpaired) electrons. The summed E-state index contributed by atoms with van der Waals surface area (Å²) < 4.78 is 5.47. The third kappa shape index (κ3) is 3.38. The number of hydrogen-bond donors (Lipinski definition) is 1. The second kappa shape index (κ2) is 7.22. The van der Waals surface area contributed by atoms with E-state index in [9.17, 15) is 9.59 Å². The SMILES string of the molecule is C[C@@]1(C(=O)NC2CCCCC2)Cc2ccccc2C(=O)N1Cc1ccco1. The molecule has 1 saturated carbocycles. The maximum Gasteiger partial charge on any atom is 0.255 e. The van der Waals surface area contributed by atoms with Gasteiger partial charge < -0.3 is 14.6 Å². The van der Waals surface area contributed by atoms with Crippen molar-refractivity contribution in [3.63, 3.8) is 0 Å². The molecule has 5 heteroatoms. The summed E-state index contributed by atoms with van der Waals surface area (Å²) >= 11 is 0. The Kier molecular flexibility index (Phi) is 4.77. The van der Waals surface area contributed by atoms with Crippen molar-refractivity contribution in [1.29, 1.82) is 0 Å². The van der Waals surface area contributed by atoms with Crippen LogP contribution in [0.2, 0.25) is 0 Å². The molecule has 1 aromatic carbocycles. The number of furan rings is 1. The molecule has 1 fully saturated rings. The zero-order valence-corrected chi connectivity index (χ0v) is 15.7. The van der Waals surface area contributed by atoms with Gasteiger partial charge in [-0.05, 0) is 43.5 Å². The predicted octanol–water partition coefficient (Wildman–Crippen LogP) is 3.69. The van der Waals surface area contributed by atoms with Crippen LogP contribution in [0.4, 0.5) is 0 Å². The molecule has 5 nitrogen and oxygen atoms in total. The van der Waals surface area contributed by atoms with E-state index in [4.69, 9.17) is 4.42 Å².